The van der Waals surface area contributed by atoms with E-state index in [9.17, 15) is 13.2 Å². The molecule has 0 aromatic heterocycles. The molecule has 3 aromatic rings. The maximum Gasteiger partial charge on any atom is 0.264 e. The third kappa shape index (κ3) is 6.68. The Hall–Kier alpha value is -3.23. The fourth-order valence-electron chi connectivity index (χ4n) is 3.72. The van der Waals surface area contributed by atoms with Gasteiger partial charge in [-0.25, -0.2) is 8.42 Å². The highest BCUT2D eigenvalue weighted by Crippen LogP contribution is 2.32. The monoisotopic (exact) mass is 516 g/mol. The average Bonchev–Trinajstić information content (AvgIpc) is 2.82. The summed E-state index contributed by atoms with van der Waals surface area (Å²) in [7, 11) is -1.25. The first-order valence-electron chi connectivity index (χ1n) is 10.9. The molecule has 0 heterocycles. The predicted molar refractivity (Wildman–Crippen MR) is 138 cm³/mol. The zero-order valence-electron chi connectivity index (χ0n) is 20.1. The van der Waals surface area contributed by atoms with Gasteiger partial charge in [0.25, 0.3) is 10.0 Å². The molecule has 186 valence electrons. The summed E-state index contributed by atoms with van der Waals surface area (Å²) in [5.41, 5.74) is 0.766. The molecule has 1 amide bonds. The predicted octanol–water partition coefficient (Wildman–Crippen LogP) is 4.69. The molecule has 3 rings (SSSR count). The Labute approximate surface area is 211 Å². The molecule has 7 nitrogen and oxygen atoms in total. The minimum Gasteiger partial charge on any atom is -0.493 e. The van der Waals surface area contributed by atoms with Crippen LogP contribution in [0.2, 0.25) is 5.02 Å². The summed E-state index contributed by atoms with van der Waals surface area (Å²) in [6, 6.07) is 20.3. The van der Waals surface area contributed by atoms with Crippen LogP contribution >= 0.6 is 11.6 Å². The number of rotatable bonds is 10. The number of carbonyl (C=O) groups excluding carboxylic acids is 1. The van der Waals surface area contributed by atoms with Gasteiger partial charge in [-0.15, -0.1) is 0 Å². The zero-order chi connectivity index (χ0) is 25.6. The molecule has 0 atom stereocenters. The number of halogens is 1. The van der Waals surface area contributed by atoms with E-state index in [0.29, 0.717) is 22.9 Å². The Balaban J connectivity index is 1.91. The van der Waals surface area contributed by atoms with Gasteiger partial charge in [-0.1, -0.05) is 41.9 Å². The van der Waals surface area contributed by atoms with Crippen molar-refractivity contribution in [3.05, 3.63) is 83.4 Å². The van der Waals surface area contributed by atoms with E-state index in [4.69, 9.17) is 21.1 Å². The quantitative estimate of drug-likeness (QED) is 0.422. The molecule has 0 aliphatic rings. The lowest BCUT2D eigenvalue weighted by atomic mass is 9.95. The van der Waals surface area contributed by atoms with Crippen molar-refractivity contribution >= 4 is 33.2 Å². The molecule has 9 heteroatoms. The first-order valence-corrected chi connectivity index (χ1v) is 12.7. The summed E-state index contributed by atoms with van der Waals surface area (Å²) < 4.78 is 38.9. The van der Waals surface area contributed by atoms with Gasteiger partial charge in [-0.05, 0) is 62.2 Å². The Morgan fingerprint density at radius 3 is 2.17 bits per heavy atom. The second kappa shape index (κ2) is 11.0. The summed E-state index contributed by atoms with van der Waals surface area (Å²) >= 11 is 6.01. The molecule has 0 radical (unpaired) electrons. The smallest absolute Gasteiger partial charge is 0.264 e. The maximum atomic E-state index is 13.7. The van der Waals surface area contributed by atoms with Gasteiger partial charge in [0.1, 0.15) is 6.54 Å². The Kier molecular flexibility index (Phi) is 8.30. The Morgan fingerprint density at radius 1 is 0.943 bits per heavy atom. The summed E-state index contributed by atoms with van der Waals surface area (Å²) in [6.07, 6.45) is 0.586. The third-order valence-electron chi connectivity index (χ3n) is 5.31. The van der Waals surface area contributed by atoms with Gasteiger partial charge in [-0.2, -0.15) is 0 Å². The minimum atomic E-state index is -4.14. The fourth-order valence-corrected chi connectivity index (χ4v) is 5.29. The summed E-state index contributed by atoms with van der Waals surface area (Å²) in [6.45, 7) is 3.37. The number of hydrogen-bond acceptors (Lipinski definition) is 5. The summed E-state index contributed by atoms with van der Waals surface area (Å²) in [5, 5.41) is 3.41. The van der Waals surface area contributed by atoms with Crippen LogP contribution in [0.1, 0.15) is 19.4 Å². The highest BCUT2D eigenvalue weighted by molar-refractivity contribution is 7.92. The maximum absolute atomic E-state index is 13.7. The van der Waals surface area contributed by atoms with Gasteiger partial charge in [0.05, 0.1) is 24.8 Å². The average molecular weight is 517 g/mol. The SMILES string of the molecule is COc1ccc(S(=O)(=O)N(CC(=O)NC(C)(C)Cc2ccccc2)c2ccc(Cl)cc2)cc1OC. The molecular formula is C26H29ClN2O5S. The molecule has 0 spiro atoms. The van der Waals surface area contributed by atoms with Crippen LogP contribution < -0.4 is 19.1 Å². The van der Waals surface area contributed by atoms with E-state index in [1.54, 1.807) is 24.3 Å². The van der Waals surface area contributed by atoms with Crippen molar-refractivity contribution < 1.29 is 22.7 Å². The summed E-state index contributed by atoms with van der Waals surface area (Å²) in [4.78, 5) is 13.1. The number of anilines is 1. The van der Waals surface area contributed by atoms with E-state index in [1.165, 1.54) is 32.4 Å². The van der Waals surface area contributed by atoms with Crippen LogP contribution in [0, 0.1) is 0 Å². The molecule has 1 N–H and O–H groups in total. The molecule has 0 fully saturated rings. The lowest BCUT2D eigenvalue weighted by Gasteiger charge is -2.29. The Bertz CT molecular complexity index is 1260. The number of nitrogens with one attached hydrogen (secondary N) is 1. The van der Waals surface area contributed by atoms with Crippen molar-refractivity contribution in [3.8, 4) is 11.5 Å². The normalized spacial score (nSPS) is 11.6. The number of nitrogens with zero attached hydrogens (tertiary/aromatic N) is 1. The topological polar surface area (TPSA) is 84.9 Å². The van der Waals surface area contributed by atoms with E-state index in [1.807, 2.05) is 44.2 Å². The van der Waals surface area contributed by atoms with Crippen molar-refractivity contribution in [2.45, 2.75) is 30.7 Å². The van der Waals surface area contributed by atoms with Gasteiger partial charge >= 0.3 is 0 Å². The van der Waals surface area contributed by atoms with Crippen molar-refractivity contribution in [1.29, 1.82) is 0 Å². The highest BCUT2D eigenvalue weighted by atomic mass is 35.5. The number of amides is 1. The van der Waals surface area contributed by atoms with Crippen LogP contribution in [-0.4, -0.2) is 40.6 Å². The van der Waals surface area contributed by atoms with Crippen LogP contribution in [0.25, 0.3) is 0 Å². The van der Waals surface area contributed by atoms with Crippen molar-refractivity contribution in [1.82, 2.24) is 5.32 Å². The molecule has 35 heavy (non-hydrogen) atoms. The molecule has 0 aliphatic carbocycles. The number of carbonyl (C=O) groups is 1. The second-order valence-electron chi connectivity index (χ2n) is 8.60. The standard InChI is InChI=1S/C26H29ClN2O5S/c1-26(2,17-19-8-6-5-7-9-19)28-25(30)18-29(21-12-10-20(27)11-13-21)35(31,32)22-14-15-23(33-3)24(16-22)34-4/h5-16H,17-18H2,1-4H3,(H,28,30). The molecular weight excluding hydrogens is 488 g/mol. The number of ether oxygens (including phenoxy) is 2. The minimum absolute atomic E-state index is 0.0403. The van der Waals surface area contributed by atoms with Crippen LogP contribution in [0.4, 0.5) is 5.69 Å². The molecule has 0 aliphatic heterocycles. The number of methoxy groups -OCH3 is 2. The number of sulfonamides is 1. The zero-order valence-corrected chi connectivity index (χ0v) is 21.7. The van der Waals surface area contributed by atoms with Gasteiger partial charge in [0, 0.05) is 16.6 Å². The highest BCUT2D eigenvalue weighted by Gasteiger charge is 2.30. The Morgan fingerprint density at radius 2 is 1.57 bits per heavy atom. The van der Waals surface area contributed by atoms with E-state index in [0.717, 1.165) is 9.87 Å². The fraction of sp³-hybridized carbons (Fsp3) is 0.269. The van der Waals surface area contributed by atoms with Crippen molar-refractivity contribution in [2.24, 2.45) is 0 Å². The molecule has 3 aromatic carbocycles. The van der Waals surface area contributed by atoms with Crippen LogP contribution in [0.5, 0.6) is 11.5 Å². The lowest BCUT2D eigenvalue weighted by molar-refractivity contribution is -0.121. The molecule has 0 saturated heterocycles. The van der Waals surface area contributed by atoms with E-state index < -0.39 is 28.0 Å². The van der Waals surface area contributed by atoms with Gasteiger partial charge in [-0.3, -0.25) is 9.10 Å². The lowest BCUT2D eigenvalue weighted by Crippen LogP contribution is -2.50. The van der Waals surface area contributed by atoms with Crippen molar-refractivity contribution in [2.75, 3.05) is 25.1 Å². The van der Waals surface area contributed by atoms with Gasteiger partial charge < -0.3 is 14.8 Å². The number of hydrogen-bond donors (Lipinski definition) is 1. The van der Waals surface area contributed by atoms with Crippen molar-refractivity contribution in [3.63, 3.8) is 0 Å². The van der Waals surface area contributed by atoms with Crippen LogP contribution in [0.15, 0.2) is 77.7 Å². The van der Waals surface area contributed by atoms with Crippen LogP contribution in [0.3, 0.4) is 0 Å². The van der Waals surface area contributed by atoms with E-state index in [-0.39, 0.29) is 10.6 Å². The first-order chi connectivity index (χ1) is 16.6. The van der Waals surface area contributed by atoms with Crippen LogP contribution in [-0.2, 0) is 21.2 Å². The first kappa shape index (κ1) is 26.4. The van der Waals surface area contributed by atoms with E-state index in [2.05, 4.69) is 5.32 Å². The summed E-state index contributed by atoms with van der Waals surface area (Å²) in [5.74, 6) is 0.216. The van der Waals surface area contributed by atoms with Gasteiger partial charge in [0.15, 0.2) is 11.5 Å². The molecule has 0 saturated carbocycles. The second-order valence-corrected chi connectivity index (χ2v) is 10.9. The van der Waals surface area contributed by atoms with E-state index >= 15 is 0 Å². The van der Waals surface area contributed by atoms with Gasteiger partial charge in [0.2, 0.25) is 5.91 Å². The molecule has 0 unspecified atom stereocenters. The molecule has 0 bridgehead atoms. The third-order valence-corrected chi connectivity index (χ3v) is 7.33. The largest absolute Gasteiger partial charge is 0.493 e. The number of benzene rings is 3.